The lowest BCUT2D eigenvalue weighted by Crippen LogP contribution is -2.30. The van der Waals surface area contributed by atoms with E-state index in [4.69, 9.17) is 15.0 Å². The number of aromatic nitrogens is 9. The molecule has 0 radical (unpaired) electrons. The minimum absolute atomic E-state index is 0.331. The Bertz CT molecular complexity index is 7660. The van der Waals surface area contributed by atoms with E-state index >= 15 is 0 Å². The quantitative estimate of drug-likeness (QED) is 0.108. The van der Waals surface area contributed by atoms with E-state index in [9.17, 15) is 0 Å². The number of para-hydroxylation sites is 6. The van der Waals surface area contributed by atoms with Crippen molar-refractivity contribution in [1.29, 1.82) is 0 Å². The molecule has 0 amide bonds. The molecule has 0 aliphatic rings. The summed E-state index contributed by atoms with van der Waals surface area (Å²) in [5.74, 6) is 4.15. The number of nitrogens with zero attached hydrogens (tertiary/aromatic N) is 9. The Balaban J connectivity index is 0.000000123. The van der Waals surface area contributed by atoms with Gasteiger partial charge in [0.25, 0.3) is 17.5 Å². The van der Waals surface area contributed by atoms with Crippen molar-refractivity contribution in [2.45, 2.75) is 102 Å². The van der Waals surface area contributed by atoms with E-state index in [0.29, 0.717) is 11.8 Å². The Kier molecular flexibility index (Phi) is 21.3. The van der Waals surface area contributed by atoms with Crippen molar-refractivity contribution in [3.8, 4) is 105 Å². The van der Waals surface area contributed by atoms with E-state index in [2.05, 4.69) is 442 Å². The van der Waals surface area contributed by atoms with Crippen LogP contribution in [0.3, 0.4) is 0 Å². The zero-order valence-electron chi connectivity index (χ0n) is 73.3. The highest BCUT2D eigenvalue weighted by Gasteiger charge is 2.35. The van der Waals surface area contributed by atoms with E-state index in [0.717, 1.165) is 48.9 Å². The third-order valence-corrected chi connectivity index (χ3v) is 28.1. The summed E-state index contributed by atoms with van der Waals surface area (Å²) >= 11 is 5.36. The van der Waals surface area contributed by atoms with Crippen LogP contribution in [0.5, 0.6) is 0 Å². The van der Waals surface area contributed by atoms with Gasteiger partial charge in [0.2, 0.25) is 0 Å². The number of rotatable bonds is 13. The van der Waals surface area contributed by atoms with E-state index in [1.165, 1.54) is 192 Å². The summed E-state index contributed by atoms with van der Waals surface area (Å²) in [5, 5.41) is 5.74. The summed E-state index contributed by atoms with van der Waals surface area (Å²) in [6.07, 6.45) is 0. The van der Waals surface area contributed by atoms with Crippen molar-refractivity contribution in [2.24, 2.45) is 21.1 Å². The maximum atomic E-state index is 5.25. The van der Waals surface area contributed by atoms with Crippen LogP contribution in [0.25, 0.3) is 180 Å². The molecule has 608 valence electrons. The molecule has 0 aliphatic heterocycles. The third-order valence-electron chi connectivity index (χ3n) is 25.0. The second-order valence-electron chi connectivity index (χ2n) is 34.0. The molecule has 6 heterocycles. The first kappa shape index (κ1) is 80.4. The zero-order valence-corrected chi connectivity index (χ0v) is 75.7. The smallest absolute Gasteiger partial charge is 0.236 e. The summed E-state index contributed by atoms with van der Waals surface area (Å²) in [6, 6.07) is 110. The summed E-state index contributed by atoms with van der Waals surface area (Å²) < 4.78 is 18.0. The maximum Gasteiger partial charge on any atom is 0.295 e. The number of hydrogen-bond acceptors (Lipinski definition) is 6. The summed E-state index contributed by atoms with van der Waals surface area (Å²) in [5.41, 5.74) is 40.3. The monoisotopic (exact) mass is 1670 g/mol. The number of aryl methyl sites for hydroxylation is 12. The first-order valence-corrected chi connectivity index (χ1v) is 45.4. The van der Waals surface area contributed by atoms with Crippen molar-refractivity contribution in [3.63, 3.8) is 0 Å². The molecule has 9 nitrogen and oxygen atoms in total. The molecule has 6 aromatic heterocycles. The van der Waals surface area contributed by atoms with Gasteiger partial charge in [-0.1, -0.05) is 228 Å². The second kappa shape index (κ2) is 32.8. The van der Waals surface area contributed by atoms with Crippen LogP contribution >= 0.6 is 34.0 Å². The van der Waals surface area contributed by atoms with E-state index in [1.807, 2.05) is 0 Å². The fourth-order valence-electron chi connectivity index (χ4n) is 18.8. The minimum Gasteiger partial charge on any atom is -0.236 e. The van der Waals surface area contributed by atoms with Gasteiger partial charge in [-0.15, -0.1) is 34.0 Å². The van der Waals surface area contributed by atoms with Gasteiger partial charge in [0.1, 0.15) is 32.1 Å². The van der Waals surface area contributed by atoms with Crippen molar-refractivity contribution in [3.05, 3.63) is 365 Å². The molecule has 0 atom stereocenters. The highest BCUT2D eigenvalue weighted by atomic mass is 32.1. The number of fused-ring (bicyclic) bond motifs is 7. The fraction of sp³-hybridized carbons (Fsp3) is 0.161. The van der Waals surface area contributed by atoms with Gasteiger partial charge in [-0.25, -0.2) is 28.7 Å². The summed E-state index contributed by atoms with van der Waals surface area (Å²) in [4.78, 5) is 15.6. The lowest BCUT2D eigenvalue weighted by atomic mass is 9.88. The maximum absolute atomic E-state index is 5.25. The zero-order chi connectivity index (χ0) is 85.6. The molecule has 0 spiro atoms. The predicted octanol–water partition coefficient (Wildman–Crippen LogP) is 28.7. The SMILES string of the molecule is Cc1cc2sc(-c3c(C)cccc3C)nc2cc1-c1n(-c2c(C(C)C)cc(-c3ccccc3)cc2C(C)C)c2ccccc2[n+]1C.Cc1cc2sc(-c3c(C)cccc3C)nc2cc1-c1n(-c2ccc(-c3ccccc3)cc2)c2ccccc2[n+]1C.Cc1cc2sc(-c3c(C)cccc3C)nc2cc1-c1n(-c2cccc3ccccc23)c2ccccc2[n+]1C. The average Bonchev–Trinajstić information content (AvgIpc) is 1.58. The largest absolute Gasteiger partial charge is 0.295 e. The van der Waals surface area contributed by atoms with Crippen LogP contribution in [-0.4, -0.2) is 28.7 Å². The van der Waals surface area contributed by atoms with Crippen LogP contribution in [0.1, 0.15) is 101 Å². The average molecular weight is 1670 g/mol. The first-order valence-electron chi connectivity index (χ1n) is 42.9. The van der Waals surface area contributed by atoms with Gasteiger partial charge in [-0.05, 0) is 255 Å². The van der Waals surface area contributed by atoms with E-state index < -0.39 is 0 Å². The van der Waals surface area contributed by atoms with Crippen molar-refractivity contribution >= 4 is 109 Å². The molecule has 0 bridgehead atoms. The topological polar surface area (TPSA) is 65.1 Å². The fourth-order valence-corrected chi connectivity index (χ4v) is 22.4. The number of hydrogen-bond donors (Lipinski definition) is 0. The normalized spacial score (nSPS) is 11.7. The number of thiazole rings is 3. The predicted molar refractivity (Wildman–Crippen MR) is 525 cm³/mol. The molecular formula is C112H100N9S3+3. The highest BCUT2D eigenvalue weighted by Crippen LogP contribution is 2.46. The molecule has 0 fully saturated rings. The van der Waals surface area contributed by atoms with Crippen molar-refractivity contribution in [1.82, 2.24) is 28.7 Å². The van der Waals surface area contributed by atoms with Crippen molar-refractivity contribution in [2.75, 3.05) is 0 Å². The van der Waals surface area contributed by atoms with Gasteiger partial charge in [-0.3, -0.25) is 0 Å². The Morgan fingerprint density at radius 2 is 0.605 bits per heavy atom. The van der Waals surface area contributed by atoms with Gasteiger partial charge in [0.05, 0.1) is 68.5 Å². The summed E-state index contributed by atoms with van der Waals surface area (Å²) in [6.45, 7) is 29.0. The number of imidazole rings is 3. The van der Waals surface area contributed by atoms with Crippen molar-refractivity contribution < 1.29 is 13.7 Å². The lowest BCUT2D eigenvalue weighted by Gasteiger charge is -2.21. The molecule has 0 unspecified atom stereocenters. The Hall–Kier alpha value is -13.4. The van der Waals surface area contributed by atoms with Crippen LogP contribution in [0, 0.1) is 62.3 Å². The lowest BCUT2D eigenvalue weighted by molar-refractivity contribution is -0.634. The molecule has 12 heteroatoms. The third kappa shape index (κ3) is 14.3. The Labute approximate surface area is 738 Å². The molecule has 21 aromatic rings. The van der Waals surface area contributed by atoms with Gasteiger partial charge in [0.15, 0.2) is 33.1 Å². The molecule has 0 saturated heterocycles. The standard InChI is InChI=1S/C42H42N3S.C36H30N3S.C34H28N3S/c1-25(2)32-22-31(30-17-10-9-11-18-30)23-33(26(3)4)40(32)45-37-20-13-12-19-36(37)44(8)42(45)34-24-35-38(21-29(34)7)46-41(43-35)39-27(5)15-14-16-28(39)6;1-23-11-10-12-24(2)34(23)35-37-30-22-29(25(3)21-33(30)40-35)36-38(4)31-15-8-9-16-32(31)39(36)28-19-17-27(18-20-28)26-13-6-5-7-14-26;1-21-11-9-12-22(2)32(21)33-35-27-20-26(23(3)19-31(27)38-33)34-36(4)29-16-7-8-17-30(29)37(34)28-18-10-14-24-13-5-6-15-25(24)28/h9-26H,1-8H3;5-22H,1-4H3;5-20H,1-4H3/q3*+1. The molecule has 21 rings (SSSR count). The van der Waals surface area contributed by atoms with E-state index in [1.54, 1.807) is 34.0 Å². The van der Waals surface area contributed by atoms with Gasteiger partial charge >= 0.3 is 0 Å². The van der Waals surface area contributed by atoms with Crippen LogP contribution in [0.2, 0.25) is 0 Å². The molecule has 15 aromatic carbocycles. The molecular weight excluding hydrogens is 1570 g/mol. The van der Waals surface area contributed by atoms with Crippen LogP contribution in [0.4, 0.5) is 0 Å². The van der Waals surface area contributed by atoms with Crippen LogP contribution in [0.15, 0.2) is 303 Å². The molecule has 0 aliphatic carbocycles. The Morgan fingerprint density at radius 3 is 1.02 bits per heavy atom. The Morgan fingerprint density at radius 1 is 0.282 bits per heavy atom. The first-order chi connectivity index (χ1) is 60.1. The summed E-state index contributed by atoms with van der Waals surface area (Å²) in [7, 11) is 6.55. The second-order valence-corrected chi connectivity index (χ2v) is 37.1. The highest BCUT2D eigenvalue weighted by molar-refractivity contribution is 7.22. The van der Waals surface area contributed by atoms with E-state index in [-0.39, 0.29) is 0 Å². The van der Waals surface area contributed by atoms with Gasteiger partial charge in [-0.2, -0.15) is 13.7 Å². The molecule has 0 saturated carbocycles. The van der Waals surface area contributed by atoms with Crippen LogP contribution in [-0.2, 0) is 21.1 Å². The minimum atomic E-state index is 0.331. The molecule has 0 N–H and O–H groups in total. The van der Waals surface area contributed by atoms with Gasteiger partial charge < -0.3 is 0 Å². The number of benzene rings is 15. The van der Waals surface area contributed by atoms with Gasteiger partial charge in [0, 0.05) is 33.2 Å². The molecule has 124 heavy (non-hydrogen) atoms. The van der Waals surface area contributed by atoms with Crippen LogP contribution < -0.4 is 13.7 Å².